The molecular weight excluding hydrogens is 575 g/mol. The van der Waals surface area contributed by atoms with Crippen LogP contribution in [0.5, 0.6) is 5.75 Å². The van der Waals surface area contributed by atoms with Crippen LogP contribution in [0.4, 0.5) is 39.5 Å². The van der Waals surface area contributed by atoms with Gasteiger partial charge in [-0.1, -0.05) is 48.5 Å². The predicted molar refractivity (Wildman–Crippen MR) is 138 cm³/mol. The highest BCUT2D eigenvalue weighted by atomic mass is 19.4. The molecule has 0 N–H and O–H groups in total. The summed E-state index contributed by atoms with van der Waals surface area (Å²) in [6, 6.07) is 14.2. The minimum atomic E-state index is -5.37. The van der Waals surface area contributed by atoms with Crippen molar-refractivity contribution in [2.75, 3.05) is 6.61 Å². The number of hydrogen-bond donors (Lipinski definition) is 0. The van der Waals surface area contributed by atoms with Gasteiger partial charge in [0.05, 0.1) is 12.2 Å². The van der Waals surface area contributed by atoms with Crippen molar-refractivity contribution >= 4 is 5.83 Å². The molecule has 0 radical (unpaired) electrons. The average molecular weight is 596 g/mol. The Labute approximate surface area is 234 Å². The summed E-state index contributed by atoms with van der Waals surface area (Å²) >= 11 is 0. The van der Waals surface area contributed by atoms with Gasteiger partial charge in [-0.25, -0.2) is 17.6 Å². The third kappa shape index (κ3) is 7.26. The summed E-state index contributed by atoms with van der Waals surface area (Å²) in [5.41, 5.74) is 0.846. The van der Waals surface area contributed by atoms with E-state index in [0.717, 1.165) is 23.3 Å². The highest BCUT2D eigenvalue weighted by molar-refractivity contribution is 5.72. The molecule has 0 saturated heterocycles. The van der Waals surface area contributed by atoms with E-state index in [9.17, 15) is 39.5 Å². The Kier molecular flexibility index (Phi) is 9.18. The highest BCUT2D eigenvalue weighted by Gasteiger charge is 2.34. The molecule has 11 heteroatoms. The lowest BCUT2D eigenvalue weighted by molar-refractivity contribution is -0.276. The lowest BCUT2D eigenvalue weighted by Gasteiger charge is -2.13. The molecule has 0 heterocycles. The molecule has 42 heavy (non-hydrogen) atoms. The van der Waals surface area contributed by atoms with E-state index >= 15 is 0 Å². The van der Waals surface area contributed by atoms with Gasteiger partial charge < -0.3 is 9.47 Å². The quantitative estimate of drug-likeness (QED) is 0.141. The van der Waals surface area contributed by atoms with Crippen LogP contribution >= 0.6 is 0 Å². The van der Waals surface area contributed by atoms with Crippen LogP contribution in [0.2, 0.25) is 0 Å². The van der Waals surface area contributed by atoms with Crippen LogP contribution in [0.1, 0.15) is 23.6 Å². The van der Waals surface area contributed by atoms with Crippen molar-refractivity contribution in [3.05, 3.63) is 119 Å². The first kappa shape index (κ1) is 30.5. The van der Waals surface area contributed by atoms with E-state index in [4.69, 9.17) is 0 Å². The van der Waals surface area contributed by atoms with Crippen LogP contribution < -0.4 is 4.74 Å². The normalized spacial score (nSPS) is 12.2. The van der Waals surface area contributed by atoms with E-state index in [1.165, 1.54) is 19.1 Å². The first-order valence-corrected chi connectivity index (χ1v) is 12.5. The zero-order valence-electron chi connectivity index (χ0n) is 21.8. The highest BCUT2D eigenvalue weighted by Crippen LogP contribution is 2.36. The summed E-state index contributed by atoms with van der Waals surface area (Å²) < 4.78 is 131. The molecule has 0 atom stereocenters. The molecule has 4 aromatic rings. The summed E-state index contributed by atoms with van der Waals surface area (Å²) in [5.74, 6) is -8.76. The summed E-state index contributed by atoms with van der Waals surface area (Å²) in [6.07, 6.45) is -4.23. The van der Waals surface area contributed by atoms with Crippen LogP contribution in [-0.2, 0) is 17.6 Å². The Morgan fingerprint density at radius 1 is 0.643 bits per heavy atom. The second kappa shape index (κ2) is 12.6. The maximum atomic E-state index is 14.9. The molecule has 2 nitrogen and oxygen atoms in total. The van der Waals surface area contributed by atoms with E-state index in [1.807, 2.05) is 0 Å². The van der Waals surface area contributed by atoms with Crippen molar-refractivity contribution in [3.63, 3.8) is 0 Å². The van der Waals surface area contributed by atoms with E-state index in [2.05, 4.69) is 9.47 Å². The van der Waals surface area contributed by atoms with Gasteiger partial charge in [-0.15, -0.1) is 13.2 Å². The Bertz CT molecular complexity index is 1550. The maximum absolute atomic E-state index is 14.9. The number of alkyl halides is 3. The molecule has 220 valence electrons. The fourth-order valence-electron chi connectivity index (χ4n) is 4.21. The molecule has 0 amide bonds. The van der Waals surface area contributed by atoms with Crippen LogP contribution in [0.3, 0.4) is 0 Å². The van der Waals surface area contributed by atoms with E-state index in [1.54, 1.807) is 36.4 Å². The molecule has 0 bridgehead atoms. The zero-order valence-corrected chi connectivity index (χ0v) is 21.8. The first-order chi connectivity index (χ1) is 19.9. The lowest BCUT2D eigenvalue weighted by Crippen LogP contribution is -2.19. The molecule has 4 aromatic carbocycles. The van der Waals surface area contributed by atoms with Gasteiger partial charge in [-0.3, -0.25) is 0 Å². The lowest BCUT2D eigenvalue weighted by atomic mass is 9.97. The van der Waals surface area contributed by atoms with Crippen molar-refractivity contribution in [1.29, 1.82) is 0 Å². The largest absolute Gasteiger partial charge is 0.573 e. The minimum Gasteiger partial charge on any atom is -0.469 e. The molecule has 4 rings (SSSR count). The summed E-state index contributed by atoms with van der Waals surface area (Å²) in [6.45, 7) is 1.53. The van der Waals surface area contributed by atoms with Crippen molar-refractivity contribution < 1.29 is 49.0 Å². The van der Waals surface area contributed by atoms with Crippen molar-refractivity contribution in [3.8, 4) is 28.0 Å². The molecule has 0 aliphatic rings. The molecule has 0 fully saturated rings. The smallest absolute Gasteiger partial charge is 0.469 e. The number of halogens is 9. The number of ether oxygens (including phenoxy) is 2. The molecule has 0 saturated carbocycles. The van der Waals surface area contributed by atoms with Gasteiger partial charge in [-0.2, -0.15) is 8.78 Å². The number of benzene rings is 4. The average Bonchev–Trinajstić information content (AvgIpc) is 2.93. The standard InChI is InChI=1S/C31H21F9O2/c1-2-41-30(37)28(36)20-11-7-18(8-12-20)4-3-17-5-9-19(10-6-17)21-13-23(32)27(24(33)14-21)22-15-25(34)29(26(35)16-22)42-31(38,39)40/h5-16H,2-4H2,1H3. The second-order valence-corrected chi connectivity index (χ2v) is 9.05. The van der Waals surface area contributed by atoms with Gasteiger partial charge in [0.25, 0.3) is 0 Å². The summed E-state index contributed by atoms with van der Waals surface area (Å²) in [4.78, 5) is 0. The Morgan fingerprint density at radius 3 is 1.60 bits per heavy atom. The molecular formula is C31H21F9O2. The van der Waals surface area contributed by atoms with Gasteiger partial charge in [0, 0.05) is 5.56 Å². The Morgan fingerprint density at radius 2 is 1.12 bits per heavy atom. The van der Waals surface area contributed by atoms with Crippen LogP contribution in [-0.4, -0.2) is 13.0 Å². The Balaban J connectivity index is 1.47. The number of rotatable bonds is 9. The molecule has 0 aromatic heterocycles. The van der Waals surface area contributed by atoms with Crippen molar-refractivity contribution in [2.45, 2.75) is 26.1 Å². The van der Waals surface area contributed by atoms with Gasteiger partial charge in [0.1, 0.15) is 11.6 Å². The fourth-order valence-corrected chi connectivity index (χ4v) is 4.21. The topological polar surface area (TPSA) is 18.5 Å². The van der Waals surface area contributed by atoms with E-state index in [-0.39, 0.29) is 17.7 Å². The third-order valence-corrected chi connectivity index (χ3v) is 6.19. The van der Waals surface area contributed by atoms with Gasteiger partial charge in [0.2, 0.25) is 11.6 Å². The van der Waals surface area contributed by atoms with E-state index in [0.29, 0.717) is 30.5 Å². The predicted octanol–water partition coefficient (Wildman–Crippen LogP) is 9.86. The maximum Gasteiger partial charge on any atom is 0.573 e. The first-order valence-electron chi connectivity index (χ1n) is 12.5. The second-order valence-electron chi connectivity index (χ2n) is 9.05. The van der Waals surface area contributed by atoms with Gasteiger partial charge in [-0.05, 0) is 71.8 Å². The van der Waals surface area contributed by atoms with Crippen molar-refractivity contribution in [2.24, 2.45) is 0 Å². The minimum absolute atomic E-state index is 0.00464. The van der Waals surface area contributed by atoms with Gasteiger partial charge >= 0.3 is 12.4 Å². The van der Waals surface area contributed by atoms with Gasteiger partial charge in [0.15, 0.2) is 11.6 Å². The van der Waals surface area contributed by atoms with Crippen LogP contribution in [0, 0.1) is 23.3 Å². The SMILES string of the molecule is CCOC(F)=C(F)c1ccc(CCc2ccc(-c3cc(F)c(-c4cc(F)c(OC(F)(F)F)c(F)c4)c(F)c3)cc2)cc1. The zero-order chi connectivity index (χ0) is 30.6. The van der Waals surface area contributed by atoms with Crippen molar-refractivity contribution in [1.82, 2.24) is 0 Å². The monoisotopic (exact) mass is 596 g/mol. The summed E-state index contributed by atoms with van der Waals surface area (Å²) in [7, 11) is 0. The molecule has 0 unspecified atom stereocenters. The fraction of sp³-hybridized carbons (Fsp3) is 0.161. The Hall–Kier alpha value is -4.41. The van der Waals surface area contributed by atoms with E-state index < -0.39 is 58.3 Å². The van der Waals surface area contributed by atoms with Crippen LogP contribution in [0.15, 0.2) is 78.8 Å². The summed E-state index contributed by atoms with van der Waals surface area (Å²) in [5, 5.41) is 0. The molecule has 0 aliphatic carbocycles. The molecule has 0 spiro atoms. The third-order valence-electron chi connectivity index (χ3n) is 6.19. The number of hydrogen-bond acceptors (Lipinski definition) is 2. The molecule has 0 aliphatic heterocycles. The number of aryl methyl sites for hydroxylation is 2. The van der Waals surface area contributed by atoms with Crippen LogP contribution in [0.25, 0.3) is 28.1 Å².